The minimum atomic E-state index is -4.38. The van der Waals surface area contributed by atoms with Gasteiger partial charge in [0.25, 0.3) is 0 Å². The summed E-state index contributed by atoms with van der Waals surface area (Å²) < 4.78 is 37.0. The molecular formula is C10H13F3N2O2. The van der Waals surface area contributed by atoms with Gasteiger partial charge in [-0.15, -0.1) is 0 Å². The number of rotatable bonds is 3. The van der Waals surface area contributed by atoms with E-state index in [-0.39, 0.29) is 24.9 Å². The van der Waals surface area contributed by atoms with E-state index in [0.29, 0.717) is 12.8 Å². The summed E-state index contributed by atoms with van der Waals surface area (Å²) >= 11 is 0. The van der Waals surface area contributed by atoms with E-state index in [9.17, 15) is 22.8 Å². The second-order valence-electron chi connectivity index (χ2n) is 4.52. The van der Waals surface area contributed by atoms with Crippen LogP contribution < -0.4 is 5.32 Å². The largest absolute Gasteiger partial charge is 0.406 e. The Morgan fingerprint density at radius 1 is 1.41 bits per heavy atom. The standard InChI is InChI=1S/C10H13F3N2O2/c11-10(12,13)5-15(7-1-2-7)9(17)6-3-8(16)14-4-6/h6-7H,1-5H2,(H,14,16). The number of amides is 2. The molecule has 0 radical (unpaired) electrons. The molecule has 1 saturated heterocycles. The molecule has 0 aromatic heterocycles. The van der Waals surface area contributed by atoms with E-state index in [1.165, 1.54) is 0 Å². The Kier molecular flexibility index (Phi) is 3.01. The highest BCUT2D eigenvalue weighted by atomic mass is 19.4. The second kappa shape index (κ2) is 4.19. The molecule has 1 heterocycles. The third-order valence-corrected chi connectivity index (χ3v) is 2.95. The molecule has 2 amide bonds. The van der Waals surface area contributed by atoms with Crippen LogP contribution in [0.5, 0.6) is 0 Å². The van der Waals surface area contributed by atoms with Crippen molar-refractivity contribution < 1.29 is 22.8 Å². The number of hydrogen-bond donors (Lipinski definition) is 1. The first kappa shape index (κ1) is 12.2. The van der Waals surface area contributed by atoms with Gasteiger partial charge in [-0.25, -0.2) is 0 Å². The van der Waals surface area contributed by atoms with Gasteiger partial charge in [0.15, 0.2) is 0 Å². The van der Waals surface area contributed by atoms with Crippen molar-refractivity contribution in [3.8, 4) is 0 Å². The lowest BCUT2D eigenvalue weighted by Gasteiger charge is -2.25. The Hall–Kier alpha value is -1.27. The van der Waals surface area contributed by atoms with E-state index in [2.05, 4.69) is 5.32 Å². The first-order chi connectivity index (χ1) is 7.87. The molecule has 2 fully saturated rings. The van der Waals surface area contributed by atoms with Gasteiger partial charge in [0, 0.05) is 19.0 Å². The smallest absolute Gasteiger partial charge is 0.355 e. The summed E-state index contributed by atoms with van der Waals surface area (Å²) in [6, 6.07) is -0.292. The topological polar surface area (TPSA) is 49.4 Å². The first-order valence-electron chi connectivity index (χ1n) is 5.51. The molecule has 1 aliphatic heterocycles. The van der Waals surface area contributed by atoms with Gasteiger partial charge < -0.3 is 10.2 Å². The molecule has 1 N–H and O–H groups in total. The van der Waals surface area contributed by atoms with Crippen LogP contribution in [0.3, 0.4) is 0 Å². The average molecular weight is 250 g/mol. The molecule has 0 bridgehead atoms. The van der Waals surface area contributed by atoms with Crippen LogP contribution in [0, 0.1) is 5.92 Å². The van der Waals surface area contributed by atoms with Crippen molar-refractivity contribution >= 4 is 11.8 Å². The Morgan fingerprint density at radius 2 is 2.06 bits per heavy atom. The zero-order valence-corrected chi connectivity index (χ0v) is 9.09. The highest BCUT2D eigenvalue weighted by molar-refractivity contribution is 5.89. The fourth-order valence-corrected chi connectivity index (χ4v) is 1.98. The Bertz CT molecular complexity index is 339. The number of hydrogen-bond acceptors (Lipinski definition) is 2. The van der Waals surface area contributed by atoms with Gasteiger partial charge in [-0.05, 0) is 12.8 Å². The lowest BCUT2D eigenvalue weighted by Crippen LogP contribution is -2.44. The van der Waals surface area contributed by atoms with Crippen molar-refractivity contribution in [2.24, 2.45) is 5.92 Å². The number of nitrogens with zero attached hydrogens (tertiary/aromatic N) is 1. The lowest BCUT2D eigenvalue weighted by molar-refractivity contribution is -0.164. The fraction of sp³-hybridized carbons (Fsp3) is 0.800. The molecule has 4 nitrogen and oxygen atoms in total. The van der Waals surface area contributed by atoms with Gasteiger partial charge in [0.1, 0.15) is 6.54 Å². The first-order valence-corrected chi connectivity index (χ1v) is 5.51. The van der Waals surface area contributed by atoms with E-state index in [1.54, 1.807) is 0 Å². The van der Waals surface area contributed by atoms with E-state index in [1.807, 2.05) is 0 Å². The zero-order chi connectivity index (χ0) is 12.6. The van der Waals surface area contributed by atoms with Crippen LogP contribution in [0.25, 0.3) is 0 Å². The van der Waals surface area contributed by atoms with Gasteiger partial charge >= 0.3 is 6.18 Å². The predicted molar refractivity (Wildman–Crippen MR) is 51.9 cm³/mol. The molecule has 7 heteroatoms. The Morgan fingerprint density at radius 3 is 2.47 bits per heavy atom. The zero-order valence-electron chi connectivity index (χ0n) is 9.09. The highest BCUT2D eigenvalue weighted by Gasteiger charge is 2.43. The van der Waals surface area contributed by atoms with Gasteiger partial charge in [-0.2, -0.15) is 13.2 Å². The second-order valence-corrected chi connectivity index (χ2v) is 4.52. The number of carbonyl (C=O) groups is 2. The summed E-state index contributed by atoms with van der Waals surface area (Å²) in [5.74, 6) is -1.46. The molecule has 1 saturated carbocycles. The Balaban J connectivity index is 2.00. The molecule has 17 heavy (non-hydrogen) atoms. The summed E-state index contributed by atoms with van der Waals surface area (Å²) in [7, 11) is 0. The number of halogens is 3. The molecule has 96 valence electrons. The van der Waals surface area contributed by atoms with Crippen LogP contribution in [0.2, 0.25) is 0 Å². The van der Waals surface area contributed by atoms with Gasteiger partial charge in [0.05, 0.1) is 5.92 Å². The minimum Gasteiger partial charge on any atom is -0.355 e. The molecule has 1 unspecified atom stereocenters. The van der Waals surface area contributed by atoms with Crippen LogP contribution in [0.1, 0.15) is 19.3 Å². The van der Waals surface area contributed by atoms with Gasteiger partial charge in [-0.1, -0.05) is 0 Å². The predicted octanol–water partition coefficient (Wildman–Crippen LogP) is 0.676. The van der Waals surface area contributed by atoms with Crippen LogP contribution in [0.4, 0.5) is 13.2 Å². The van der Waals surface area contributed by atoms with Crippen molar-refractivity contribution in [1.29, 1.82) is 0 Å². The maximum atomic E-state index is 12.3. The summed E-state index contributed by atoms with van der Waals surface area (Å²) in [6.07, 6.45) is -3.14. The van der Waals surface area contributed by atoms with Crippen molar-refractivity contribution in [1.82, 2.24) is 10.2 Å². The van der Waals surface area contributed by atoms with Crippen molar-refractivity contribution in [3.05, 3.63) is 0 Å². The number of carbonyl (C=O) groups excluding carboxylic acids is 2. The maximum Gasteiger partial charge on any atom is 0.406 e. The van der Waals surface area contributed by atoms with Crippen molar-refractivity contribution in [2.75, 3.05) is 13.1 Å². The molecule has 2 aliphatic rings. The summed E-state index contributed by atoms with van der Waals surface area (Å²) in [5, 5.41) is 2.46. The molecule has 0 aromatic carbocycles. The molecule has 0 spiro atoms. The van der Waals surface area contributed by atoms with Gasteiger partial charge in [0.2, 0.25) is 11.8 Å². The third-order valence-electron chi connectivity index (χ3n) is 2.95. The summed E-state index contributed by atoms with van der Waals surface area (Å²) in [6.45, 7) is -1.06. The monoisotopic (exact) mass is 250 g/mol. The molecular weight excluding hydrogens is 237 g/mol. The van der Waals surface area contributed by atoms with Crippen molar-refractivity contribution in [2.45, 2.75) is 31.5 Å². The van der Waals surface area contributed by atoms with Crippen LogP contribution in [0.15, 0.2) is 0 Å². The normalized spacial score (nSPS) is 24.6. The average Bonchev–Trinajstić information content (AvgIpc) is 2.96. The summed E-state index contributed by atoms with van der Waals surface area (Å²) in [5.41, 5.74) is 0. The molecule has 2 rings (SSSR count). The lowest BCUT2D eigenvalue weighted by atomic mass is 10.1. The van der Waals surface area contributed by atoms with Crippen LogP contribution >= 0.6 is 0 Å². The highest BCUT2D eigenvalue weighted by Crippen LogP contribution is 2.32. The van der Waals surface area contributed by atoms with Gasteiger partial charge in [-0.3, -0.25) is 9.59 Å². The van der Waals surface area contributed by atoms with Crippen LogP contribution in [-0.2, 0) is 9.59 Å². The van der Waals surface area contributed by atoms with E-state index in [4.69, 9.17) is 0 Å². The Labute approximate surface area is 96.1 Å². The molecule has 1 atom stereocenters. The van der Waals surface area contributed by atoms with E-state index in [0.717, 1.165) is 4.90 Å². The third kappa shape index (κ3) is 3.10. The SMILES string of the molecule is O=C1CC(C(=O)N(CC(F)(F)F)C2CC2)CN1. The van der Waals surface area contributed by atoms with Crippen molar-refractivity contribution in [3.63, 3.8) is 0 Å². The van der Waals surface area contributed by atoms with E-state index < -0.39 is 24.5 Å². The minimum absolute atomic E-state index is 0.0000888. The van der Waals surface area contributed by atoms with Crippen LogP contribution in [-0.4, -0.2) is 42.0 Å². The molecule has 1 aliphatic carbocycles. The van der Waals surface area contributed by atoms with E-state index >= 15 is 0 Å². The number of alkyl halides is 3. The summed E-state index contributed by atoms with van der Waals surface area (Å²) in [4.78, 5) is 23.7. The number of nitrogens with one attached hydrogen (secondary N) is 1. The molecule has 0 aromatic rings. The maximum absolute atomic E-state index is 12.3. The quantitative estimate of drug-likeness (QED) is 0.800. The fourth-order valence-electron chi connectivity index (χ4n) is 1.98.